The number of morpholine rings is 1. The zero-order valence-corrected chi connectivity index (χ0v) is 18.3. The predicted octanol–water partition coefficient (Wildman–Crippen LogP) is 2.27. The van der Waals surface area contributed by atoms with Crippen molar-refractivity contribution in [3.8, 4) is 0 Å². The standard InChI is InChI=1S/C21H40N6O/c1-5-19(6-2)20(27-13-15-28-16-14-27)17-25-21(22-4)24-9-7-8-11-26-12-10-23-18(26)3/h10,12,19-20H,5-9,11,13-17H2,1-4H3,(H2,22,24,25). The smallest absolute Gasteiger partial charge is 0.191 e. The van der Waals surface area contributed by atoms with Gasteiger partial charge in [-0.1, -0.05) is 26.7 Å². The van der Waals surface area contributed by atoms with Crippen LogP contribution in [0.2, 0.25) is 0 Å². The van der Waals surface area contributed by atoms with E-state index in [2.05, 4.69) is 50.8 Å². The van der Waals surface area contributed by atoms with Crippen molar-refractivity contribution in [3.63, 3.8) is 0 Å². The normalized spacial score (nSPS) is 17.1. The quantitative estimate of drug-likeness (QED) is 0.344. The number of hydrogen-bond acceptors (Lipinski definition) is 4. The Hall–Kier alpha value is -1.60. The van der Waals surface area contributed by atoms with Crippen molar-refractivity contribution in [1.29, 1.82) is 0 Å². The SMILES string of the molecule is CCC(CC)C(CNC(=NC)NCCCCn1ccnc1C)N1CCOCC1. The third-order valence-corrected chi connectivity index (χ3v) is 5.85. The molecule has 2 heterocycles. The lowest BCUT2D eigenvalue weighted by Gasteiger charge is -2.39. The highest BCUT2D eigenvalue weighted by atomic mass is 16.5. The third-order valence-electron chi connectivity index (χ3n) is 5.85. The maximum atomic E-state index is 5.55. The summed E-state index contributed by atoms with van der Waals surface area (Å²) in [4.78, 5) is 11.3. The number of aromatic nitrogens is 2. The molecule has 1 saturated heterocycles. The number of aryl methyl sites for hydroxylation is 2. The van der Waals surface area contributed by atoms with Crippen LogP contribution in [0.25, 0.3) is 0 Å². The number of imidazole rings is 1. The van der Waals surface area contributed by atoms with Crippen molar-refractivity contribution >= 4 is 5.96 Å². The summed E-state index contributed by atoms with van der Waals surface area (Å²) in [5, 5.41) is 7.04. The van der Waals surface area contributed by atoms with Gasteiger partial charge in [0.1, 0.15) is 5.82 Å². The minimum atomic E-state index is 0.529. The lowest BCUT2D eigenvalue weighted by Crippen LogP contribution is -2.53. The van der Waals surface area contributed by atoms with Crippen LogP contribution in [0.3, 0.4) is 0 Å². The van der Waals surface area contributed by atoms with E-state index in [-0.39, 0.29) is 0 Å². The van der Waals surface area contributed by atoms with E-state index in [9.17, 15) is 0 Å². The molecule has 0 aromatic carbocycles. The number of rotatable bonds is 11. The molecule has 1 aliphatic rings. The van der Waals surface area contributed by atoms with Gasteiger partial charge in [0.15, 0.2) is 5.96 Å². The minimum Gasteiger partial charge on any atom is -0.379 e. The van der Waals surface area contributed by atoms with Crippen molar-refractivity contribution in [2.24, 2.45) is 10.9 Å². The molecule has 0 saturated carbocycles. The Morgan fingerprint density at radius 1 is 1.21 bits per heavy atom. The summed E-state index contributed by atoms with van der Waals surface area (Å²) in [7, 11) is 1.85. The second-order valence-electron chi connectivity index (χ2n) is 7.55. The molecule has 7 heteroatoms. The first-order valence-corrected chi connectivity index (χ1v) is 10.9. The first-order chi connectivity index (χ1) is 13.7. The fraction of sp³-hybridized carbons (Fsp3) is 0.810. The van der Waals surface area contributed by atoms with Crippen molar-refractivity contribution in [2.75, 3.05) is 46.4 Å². The van der Waals surface area contributed by atoms with E-state index in [1.807, 2.05) is 19.4 Å². The zero-order valence-electron chi connectivity index (χ0n) is 18.3. The molecule has 0 amide bonds. The van der Waals surface area contributed by atoms with E-state index in [0.29, 0.717) is 12.0 Å². The van der Waals surface area contributed by atoms with Crippen LogP contribution >= 0.6 is 0 Å². The Kier molecular flexibility index (Phi) is 10.4. The largest absolute Gasteiger partial charge is 0.379 e. The van der Waals surface area contributed by atoms with Gasteiger partial charge in [-0.15, -0.1) is 0 Å². The van der Waals surface area contributed by atoms with Gasteiger partial charge in [-0.2, -0.15) is 0 Å². The molecule has 160 valence electrons. The average Bonchev–Trinajstić information content (AvgIpc) is 3.14. The molecular weight excluding hydrogens is 352 g/mol. The van der Waals surface area contributed by atoms with Crippen molar-refractivity contribution in [2.45, 2.75) is 59.0 Å². The van der Waals surface area contributed by atoms with Crippen molar-refractivity contribution < 1.29 is 4.74 Å². The molecule has 0 aliphatic carbocycles. The molecule has 2 N–H and O–H groups in total. The molecule has 0 radical (unpaired) electrons. The molecule has 0 bridgehead atoms. The van der Waals surface area contributed by atoms with Crippen molar-refractivity contribution in [3.05, 3.63) is 18.2 Å². The first kappa shape index (κ1) is 22.7. The van der Waals surface area contributed by atoms with E-state index in [4.69, 9.17) is 4.74 Å². The van der Waals surface area contributed by atoms with Gasteiger partial charge >= 0.3 is 0 Å². The monoisotopic (exact) mass is 392 g/mol. The number of guanidine groups is 1. The Balaban J connectivity index is 1.74. The summed E-state index contributed by atoms with van der Waals surface area (Å²) in [6, 6.07) is 0.529. The van der Waals surface area contributed by atoms with E-state index in [1.54, 1.807) is 0 Å². The Bertz CT molecular complexity index is 563. The van der Waals surface area contributed by atoms with Gasteiger partial charge in [-0.05, 0) is 25.7 Å². The predicted molar refractivity (Wildman–Crippen MR) is 116 cm³/mol. The van der Waals surface area contributed by atoms with Gasteiger partial charge in [-0.3, -0.25) is 9.89 Å². The Labute approximate surface area is 171 Å². The number of unbranched alkanes of at least 4 members (excludes halogenated alkanes) is 1. The molecule has 28 heavy (non-hydrogen) atoms. The molecule has 1 atom stereocenters. The second kappa shape index (κ2) is 12.8. The number of nitrogens with one attached hydrogen (secondary N) is 2. The summed E-state index contributed by atoms with van der Waals surface area (Å²) in [5.41, 5.74) is 0. The third kappa shape index (κ3) is 7.09. The number of nitrogens with zero attached hydrogens (tertiary/aromatic N) is 4. The molecule has 1 unspecified atom stereocenters. The minimum absolute atomic E-state index is 0.529. The van der Waals surface area contributed by atoms with E-state index >= 15 is 0 Å². The highest BCUT2D eigenvalue weighted by molar-refractivity contribution is 5.79. The average molecular weight is 393 g/mol. The van der Waals surface area contributed by atoms with Gasteiger partial charge in [0.25, 0.3) is 0 Å². The first-order valence-electron chi connectivity index (χ1n) is 10.9. The van der Waals surface area contributed by atoms with Gasteiger partial charge in [0.05, 0.1) is 13.2 Å². The molecule has 7 nitrogen and oxygen atoms in total. The fourth-order valence-electron chi connectivity index (χ4n) is 4.01. The van der Waals surface area contributed by atoms with Crippen LogP contribution in [0, 0.1) is 12.8 Å². The Morgan fingerprint density at radius 2 is 1.96 bits per heavy atom. The summed E-state index contributed by atoms with van der Waals surface area (Å²) >= 11 is 0. The lowest BCUT2D eigenvalue weighted by atomic mass is 9.92. The van der Waals surface area contributed by atoms with Crippen LogP contribution in [-0.4, -0.2) is 72.9 Å². The maximum Gasteiger partial charge on any atom is 0.191 e. The molecule has 1 aromatic rings. The molecular formula is C21H40N6O. The second-order valence-corrected chi connectivity index (χ2v) is 7.55. The van der Waals surface area contributed by atoms with E-state index in [1.165, 1.54) is 12.8 Å². The maximum absolute atomic E-state index is 5.55. The number of aliphatic imine (C=N–C) groups is 1. The van der Waals surface area contributed by atoms with Gasteiger partial charge in [0, 0.05) is 58.2 Å². The van der Waals surface area contributed by atoms with Crippen molar-refractivity contribution in [1.82, 2.24) is 25.1 Å². The highest BCUT2D eigenvalue weighted by Gasteiger charge is 2.26. The summed E-state index contributed by atoms with van der Waals surface area (Å²) in [6.45, 7) is 13.3. The summed E-state index contributed by atoms with van der Waals surface area (Å²) < 4.78 is 7.75. The molecule has 1 aromatic heterocycles. The van der Waals surface area contributed by atoms with Crippen LogP contribution in [0.1, 0.15) is 45.4 Å². The molecule has 0 spiro atoms. The lowest BCUT2D eigenvalue weighted by molar-refractivity contribution is 0.00272. The Morgan fingerprint density at radius 3 is 2.57 bits per heavy atom. The van der Waals surface area contributed by atoms with Crippen LogP contribution in [0.4, 0.5) is 0 Å². The van der Waals surface area contributed by atoms with E-state index in [0.717, 1.165) is 70.6 Å². The number of ether oxygens (including phenoxy) is 1. The highest BCUT2D eigenvalue weighted by Crippen LogP contribution is 2.19. The van der Waals surface area contributed by atoms with Crippen LogP contribution in [0.15, 0.2) is 17.4 Å². The van der Waals surface area contributed by atoms with Crippen LogP contribution in [0.5, 0.6) is 0 Å². The zero-order chi connectivity index (χ0) is 20.2. The molecule has 2 rings (SSSR count). The van der Waals surface area contributed by atoms with E-state index < -0.39 is 0 Å². The summed E-state index contributed by atoms with van der Waals surface area (Å²) in [6.07, 6.45) is 8.57. The van der Waals surface area contributed by atoms with Crippen LogP contribution in [-0.2, 0) is 11.3 Å². The topological polar surface area (TPSA) is 66.7 Å². The molecule has 1 aliphatic heterocycles. The summed E-state index contributed by atoms with van der Waals surface area (Å²) in [5.74, 6) is 2.69. The molecule has 1 fully saturated rings. The fourth-order valence-corrected chi connectivity index (χ4v) is 4.01. The van der Waals surface area contributed by atoms with Gasteiger partial charge < -0.3 is 19.9 Å². The number of hydrogen-bond donors (Lipinski definition) is 2. The van der Waals surface area contributed by atoms with Crippen LogP contribution < -0.4 is 10.6 Å². The van der Waals surface area contributed by atoms with Gasteiger partial charge in [-0.25, -0.2) is 4.98 Å². The van der Waals surface area contributed by atoms with Gasteiger partial charge in [0.2, 0.25) is 0 Å².